The zero-order valence-corrected chi connectivity index (χ0v) is 15.9. The van der Waals surface area contributed by atoms with E-state index in [4.69, 9.17) is 19.8 Å². The van der Waals surface area contributed by atoms with Gasteiger partial charge in [-0.1, -0.05) is 18.2 Å². The maximum Gasteiger partial charge on any atom is 0.414 e. The van der Waals surface area contributed by atoms with Crippen LogP contribution in [0.25, 0.3) is 10.9 Å². The number of para-hydroxylation sites is 1. The Morgan fingerprint density at radius 2 is 1.71 bits per heavy atom. The van der Waals surface area contributed by atoms with Crippen LogP contribution in [0.1, 0.15) is 12.8 Å². The second kappa shape index (κ2) is 9.65. The lowest BCUT2D eigenvalue weighted by Crippen LogP contribution is -2.31. The van der Waals surface area contributed by atoms with Crippen molar-refractivity contribution in [3.8, 4) is 0 Å². The van der Waals surface area contributed by atoms with Gasteiger partial charge >= 0.3 is 11.9 Å². The molecule has 1 saturated heterocycles. The van der Waals surface area contributed by atoms with E-state index in [1.165, 1.54) is 12.8 Å². The molecule has 1 aliphatic heterocycles. The fourth-order valence-electron chi connectivity index (χ4n) is 2.83. The molecule has 1 aromatic heterocycles. The second-order valence-corrected chi connectivity index (χ2v) is 6.58. The third-order valence-corrected chi connectivity index (χ3v) is 4.18. The van der Waals surface area contributed by atoms with Gasteiger partial charge in [0.05, 0.1) is 17.7 Å². The van der Waals surface area contributed by atoms with Gasteiger partial charge in [-0.05, 0) is 32.0 Å². The molecule has 0 saturated carbocycles. The Balaban J connectivity index is 0.000000409. The lowest BCUT2D eigenvalue weighted by atomic mass is 10.1. The SMILES string of the molecule is CN(C)c1cc(NC(=O)CN2CCCC2)c2ccccc2n1.O=C(O)C(=O)O. The van der Waals surface area contributed by atoms with E-state index in [0.717, 1.165) is 35.5 Å². The van der Waals surface area contributed by atoms with Crippen molar-refractivity contribution in [3.63, 3.8) is 0 Å². The average molecular weight is 388 g/mol. The van der Waals surface area contributed by atoms with Gasteiger partial charge in [0.25, 0.3) is 0 Å². The highest BCUT2D eigenvalue weighted by molar-refractivity contribution is 6.27. The molecule has 0 atom stereocenters. The third-order valence-electron chi connectivity index (χ3n) is 4.18. The van der Waals surface area contributed by atoms with Gasteiger partial charge in [-0.15, -0.1) is 0 Å². The van der Waals surface area contributed by atoms with E-state index in [0.29, 0.717) is 6.54 Å². The molecule has 3 N–H and O–H groups in total. The van der Waals surface area contributed by atoms with Gasteiger partial charge < -0.3 is 20.4 Å². The van der Waals surface area contributed by atoms with Crippen molar-refractivity contribution in [2.75, 3.05) is 43.9 Å². The Hall–Kier alpha value is -3.20. The number of pyridine rings is 1. The normalized spacial score (nSPS) is 13.5. The molecule has 1 aliphatic rings. The lowest BCUT2D eigenvalue weighted by Gasteiger charge is -2.17. The number of carboxylic acids is 2. The molecule has 2 aromatic rings. The molecule has 1 amide bonds. The Labute approximate surface area is 162 Å². The fourth-order valence-corrected chi connectivity index (χ4v) is 2.83. The number of carboxylic acid groups (broad SMARTS) is 2. The van der Waals surface area contributed by atoms with Crippen LogP contribution in [0.4, 0.5) is 11.5 Å². The number of nitrogens with zero attached hydrogens (tertiary/aromatic N) is 3. The molecular formula is C19H24N4O5. The van der Waals surface area contributed by atoms with E-state index in [1.807, 2.05) is 49.3 Å². The van der Waals surface area contributed by atoms with Crippen molar-refractivity contribution < 1.29 is 24.6 Å². The average Bonchev–Trinajstić information content (AvgIpc) is 3.14. The maximum atomic E-state index is 12.3. The van der Waals surface area contributed by atoms with Crippen LogP contribution in [0.15, 0.2) is 30.3 Å². The minimum absolute atomic E-state index is 0.0444. The first-order valence-corrected chi connectivity index (χ1v) is 8.83. The standard InChI is InChI=1S/C17H22N4O.C2H2O4/c1-20(2)16-11-15(13-7-3-4-8-14(13)18-16)19-17(22)12-21-9-5-6-10-21;3-1(4)2(5)6/h3-4,7-8,11H,5-6,9-10,12H2,1-2H3,(H,18,19,22);(H,3,4)(H,5,6). The third kappa shape index (κ3) is 5.92. The first kappa shape index (κ1) is 21.1. The van der Waals surface area contributed by atoms with Crippen LogP contribution in [0, 0.1) is 0 Å². The molecule has 0 unspecified atom stereocenters. The number of fused-ring (bicyclic) bond motifs is 1. The van der Waals surface area contributed by atoms with E-state index in [9.17, 15) is 4.79 Å². The van der Waals surface area contributed by atoms with Crippen LogP contribution in [-0.4, -0.2) is 71.7 Å². The van der Waals surface area contributed by atoms with Gasteiger partial charge in [-0.2, -0.15) is 0 Å². The Morgan fingerprint density at radius 3 is 2.29 bits per heavy atom. The predicted octanol–water partition coefficient (Wildman–Crippen LogP) is 1.49. The molecule has 28 heavy (non-hydrogen) atoms. The summed E-state index contributed by atoms with van der Waals surface area (Å²) < 4.78 is 0. The number of aliphatic carboxylic acids is 2. The second-order valence-electron chi connectivity index (χ2n) is 6.58. The van der Waals surface area contributed by atoms with Crippen LogP contribution < -0.4 is 10.2 Å². The summed E-state index contributed by atoms with van der Waals surface area (Å²) in [7, 11) is 3.90. The highest BCUT2D eigenvalue weighted by Crippen LogP contribution is 2.26. The minimum Gasteiger partial charge on any atom is -0.473 e. The first-order valence-electron chi connectivity index (χ1n) is 8.83. The largest absolute Gasteiger partial charge is 0.473 e. The molecule has 1 aromatic carbocycles. The molecular weight excluding hydrogens is 364 g/mol. The summed E-state index contributed by atoms with van der Waals surface area (Å²) >= 11 is 0. The Morgan fingerprint density at radius 1 is 1.11 bits per heavy atom. The minimum atomic E-state index is -1.82. The smallest absolute Gasteiger partial charge is 0.414 e. The number of hydrogen-bond donors (Lipinski definition) is 3. The zero-order valence-electron chi connectivity index (χ0n) is 15.9. The number of benzene rings is 1. The Kier molecular flexibility index (Phi) is 7.28. The number of nitrogens with one attached hydrogen (secondary N) is 1. The molecule has 0 radical (unpaired) electrons. The monoisotopic (exact) mass is 388 g/mol. The van der Waals surface area contributed by atoms with Crippen LogP contribution >= 0.6 is 0 Å². The highest BCUT2D eigenvalue weighted by Gasteiger charge is 2.16. The predicted molar refractivity (Wildman–Crippen MR) is 106 cm³/mol. The fraction of sp³-hybridized carbons (Fsp3) is 0.368. The van der Waals surface area contributed by atoms with Crippen LogP contribution in [0.2, 0.25) is 0 Å². The van der Waals surface area contributed by atoms with Crippen molar-refractivity contribution in [1.29, 1.82) is 0 Å². The number of hydrogen-bond acceptors (Lipinski definition) is 6. The van der Waals surface area contributed by atoms with E-state index in [-0.39, 0.29) is 5.91 Å². The van der Waals surface area contributed by atoms with Crippen molar-refractivity contribution in [3.05, 3.63) is 30.3 Å². The van der Waals surface area contributed by atoms with E-state index < -0.39 is 11.9 Å². The summed E-state index contributed by atoms with van der Waals surface area (Å²) in [6.07, 6.45) is 2.38. The van der Waals surface area contributed by atoms with Crippen LogP contribution in [0.3, 0.4) is 0 Å². The summed E-state index contributed by atoms with van der Waals surface area (Å²) in [6, 6.07) is 9.83. The van der Waals surface area contributed by atoms with Gasteiger partial charge in [0.2, 0.25) is 5.91 Å². The van der Waals surface area contributed by atoms with Crippen molar-refractivity contribution in [1.82, 2.24) is 9.88 Å². The summed E-state index contributed by atoms with van der Waals surface area (Å²) in [6.45, 7) is 2.51. The van der Waals surface area contributed by atoms with Gasteiger partial charge in [-0.25, -0.2) is 14.6 Å². The molecule has 1 fully saturated rings. The van der Waals surface area contributed by atoms with E-state index >= 15 is 0 Å². The maximum absolute atomic E-state index is 12.3. The first-order chi connectivity index (χ1) is 13.3. The molecule has 0 aliphatic carbocycles. The van der Waals surface area contributed by atoms with Crippen molar-refractivity contribution in [2.45, 2.75) is 12.8 Å². The van der Waals surface area contributed by atoms with Crippen molar-refractivity contribution >= 4 is 40.3 Å². The number of carbonyl (C=O) groups excluding carboxylic acids is 1. The number of aromatic nitrogens is 1. The van der Waals surface area contributed by atoms with E-state index in [2.05, 4.69) is 15.2 Å². The summed E-state index contributed by atoms with van der Waals surface area (Å²) in [5.74, 6) is -2.76. The number of anilines is 2. The molecule has 0 bridgehead atoms. The van der Waals surface area contributed by atoms with Gasteiger partial charge in [0, 0.05) is 25.5 Å². The zero-order chi connectivity index (χ0) is 20.7. The molecule has 3 rings (SSSR count). The van der Waals surface area contributed by atoms with Gasteiger partial charge in [0.15, 0.2) is 0 Å². The molecule has 9 heteroatoms. The van der Waals surface area contributed by atoms with Crippen LogP contribution in [-0.2, 0) is 14.4 Å². The number of amides is 1. The topological polar surface area (TPSA) is 123 Å². The highest BCUT2D eigenvalue weighted by atomic mass is 16.4. The van der Waals surface area contributed by atoms with Crippen molar-refractivity contribution in [2.24, 2.45) is 0 Å². The Bertz CT molecular complexity index is 851. The summed E-state index contributed by atoms with van der Waals surface area (Å²) in [5.41, 5.74) is 1.73. The molecule has 2 heterocycles. The molecule has 150 valence electrons. The number of carbonyl (C=O) groups is 3. The molecule has 0 spiro atoms. The molecule has 9 nitrogen and oxygen atoms in total. The lowest BCUT2D eigenvalue weighted by molar-refractivity contribution is -0.159. The number of likely N-dealkylation sites (tertiary alicyclic amines) is 1. The van der Waals surface area contributed by atoms with E-state index in [1.54, 1.807) is 0 Å². The van der Waals surface area contributed by atoms with Gasteiger partial charge in [0.1, 0.15) is 5.82 Å². The number of rotatable bonds is 4. The quantitative estimate of drug-likeness (QED) is 0.673. The van der Waals surface area contributed by atoms with Gasteiger partial charge in [-0.3, -0.25) is 9.69 Å². The summed E-state index contributed by atoms with van der Waals surface area (Å²) in [4.78, 5) is 39.3. The summed E-state index contributed by atoms with van der Waals surface area (Å²) in [5, 5.41) is 18.8. The van der Waals surface area contributed by atoms with Crippen LogP contribution in [0.5, 0.6) is 0 Å².